The molecule has 30 heavy (non-hydrogen) atoms. The lowest BCUT2D eigenvalue weighted by atomic mass is 10.3. The van der Waals surface area contributed by atoms with Crippen LogP contribution in [-0.4, -0.2) is 37.1 Å². The van der Waals surface area contributed by atoms with Crippen molar-refractivity contribution in [2.45, 2.75) is 25.3 Å². The van der Waals surface area contributed by atoms with E-state index in [1.54, 1.807) is 24.3 Å². The number of benzene rings is 2. The number of aromatic nitrogens is 4. The second-order valence-electron chi connectivity index (χ2n) is 6.63. The van der Waals surface area contributed by atoms with Crippen molar-refractivity contribution in [3.63, 3.8) is 0 Å². The maximum atomic E-state index is 12.4. The molecule has 2 N–H and O–H groups in total. The topological polar surface area (TPSA) is 101 Å². The molecule has 4 rings (SSSR count). The van der Waals surface area contributed by atoms with E-state index in [0.29, 0.717) is 22.0 Å². The van der Waals surface area contributed by atoms with Gasteiger partial charge in [-0.05, 0) is 36.4 Å². The third kappa shape index (κ3) is 4.11. The SMILES string of the molecule is CCc1nnc2c(SCC(=O)Nc3ccc(NC(C)=O)cc3)nc3ccccc3n12. The second-order valence-corrected chi connectivity index (χ2v) is 7.59. The Labute approximate surface area is 177 Å². The highest BCUT2D eigenvalue weighted by Crippen LogP contribution is 2.26. The standard InChI is InChI=1S/C21H20N6O2S/c1-3-18-25-26-20-21(24-16-6-4-5-7-17(16)27(18)20)30-12-19(29)23-15-10-8-14(9-11-15)22-13(2)28/h4-11H,3,12H2,1-2H3,(H,22,28)(H,23,29). The van der Waals surface area contributed by atoms with Crippen LogP contribution in [0.2, 0.25) is 0 Å². The summed E-state index contributed by atoms with van der Waals surface area (Å²) in [6, 6.07) is 14.8. The predicted octanol–water partition coefficient (Wildman–Crippen LogP) is 3.53. The maximum Gasteiger partial charge on any atom is 0.234 e. The van der Waals surface area contributed by atoms with Crippen LogP contribution in [0.25, 0.3) is 16.7 Å². The van der Waals surface area contributed by atoms with Crippen LogP contribution in [0.15, 0.2) is 53.6 Å². The van der Waals surface area contributed by atoms with E-state index >= 15 is 0 Å². The Hall–Kier alpha value is -3.46. The largest absolute Gasteiger partial charge is 0.326 e. The highest BCUT2D eigenvalue weighted by Gasteiger charge is 2.15. The van der Waals surface area contributed by atoms with Gasteiger partial charge in [-0.1, -0.05) is 30.8 Å². The number of rotatable bonds is 6. The predicted molar refractivity (Wildman–Crippen MR) is 118 cm³/mol. The van der Waals surface area contributed by atoms with E-state index in [4.69, 9.17) is 0 Å². The number of fused-ring (bicyclic) bond motifs is 3. The van der Waals surface area contributed by atoms with Crippen LogP contribution in [0.4, 0.5) is 11.4 Å². The average Bonchev–Trinajstić information content (AvgIpc) is 3.18. The fraction of sp³-hybridized carbons (Fsp3) is 0.190. The molecular weight excluding hydrogens is 400 g/mol. The van der Waals surface area contributed by atoms with E-state index in [1.807, 2.05) is 35.6 Å². The number of hydrogen-bond donors (Lipinski definition) is 2. The fourth-order valence-electron chi connectivity index (χ4n) is 3.11. The molecule has 0 aliphatic heterocycles. The number of hydrogen-bond acceptors (Lipinski definition) is 6. The number of carbonyl (C=O) groups excluding carboxylic acids is 2. The first-order valence-corrected chi connectivity index (χ1v) is 10.5. The number of anilines is 2. The molecule has 2 amide bonds. The smallest absolute Gasteiger partial charge is 0.234 e. The van der Waals surface area contributed by atoms with E-state index in [9.17, 15) is 9.59 Å². The minimum atomic E-state index is -0.157. The van der Waals surface area contributed by atoms with Crippen LogP contribution in [0.3, 0.4) is 0 Å². The summed E-state index contributed by atoms with van der Waals surface area (Å²) < 4.78 is 2.00. The van der Waals surface area contributed by atoms with Gasteiger partial charge in [-0.2, -0.15) is 0 Å². The Balaban J connectivity index is 1.51. The van der Waals surface area contributed by atoms with E-state index < -0.39 is 0 Å². The summed E-state index contributed by atoms with van der Waals surface area (Å²) in [5, 5.41) is 14.8. The summed E-state index contributed by atoms with van der Waals surface area (Å²) in [7, 11) is 0. The number of thioether (sulfide) groups is 1. The third-order valence-corrected chi connectivity index (χ3v) is 5.37. The Kier molecular flexibility index (Phi) is 5.62. The summed E-state index contributed by atoms with van der Waals surface area (Å²) in [4.78, 5) is 28.2. The third-order valence-electron chi connectivity index (χ3n) is 4.41. The van der Waals surface area contributed by atoms with Crippen molar-refractivity contribution in [2.24, 2.45) is 0 Å². The molecule has 0 aliphatic carbocycles. The Bertz CT molecular complexity index is 1240. The molecule has 2 heterocycles. The average molecular weight is 420 g/mol. The van der Waals surface area contributed by atoms with Crippen molar-refractivity contribution in [1.82, 2.24) is 19.6 Å². The molecular formula is C21H20N6O2S. The lowest BCUT2D eigenvalue weighted by Crippen LogP contribution is -2.14. The molecule has 0 saturated carbocycles. The molecule has 0 bridgehead atoms. The molecule has 152 valence electrons. The fourth-order valence-corrected chi connectivity index (χ4v) is 3.88. The molecule has 0 spiro atoms. The van der Waals surface area contributed by atoms with Crippen LogP contribution in [0, 0.1) is 0 Å². The van der Waals surface area contributed by atoms with Crippen molar-refractivity contribution < 1.29 is 9.59 Å². The number of para-hydroxylation sites is 2. The number of nitrogens with one attached hydrogen (secondary N) is 2. The summed E-state index contributed by atoms with van der Waals surface area (Å²) in [6.45, 7) is 3.48. The first-order valence-electron chi connectivity index (χ1n) is 9.48. The molecule has 0 atom stereocenters. The zero-order chi connectivity index (χ0) is 21.1. The number of aryl methyl sites for hydroxylation is 1. The first kappa shape index (κ1) is 19.8. The van der Waals surface area contributed by atoms with Gasteiger partial charge in [0.25, 0.3) is 0 Å². The first-order chi connectivity index (χ1) is 14.5. The Morgan fingerprint density at radius 1 is 1.00 bits per heavy atom. The van der Waals surface area contributed by atoms with Gasteiger partial charge in [0.05, 0.1) is 16.8 Å². The van der Waals surface area contributed by atoms with Crippen LogP contribution in [0.5, 0.6) is 0 Å². The van der Waals surface area contributed by atoms with E-state index in [0.717, 1.165) is 23.3 Å². The molecule has 0 radical (unpaired) electrons. The van der Waals surface area contributed by atoms with Gasteiger partial charge in [-0.3, -0.25) is 14.0 Å². The maximum absolute atomic E-state index is 12.4. The van der Waals surface area contributed by atoms with Gasteiger partial charge >= 0.3 is 0 Å². The molecule has 0 saturated heterocycles. The van der Waals surface area contributed by atoms with Crippen LogP contribution in [-0.2, 0) is 16.0 Å². The van der Waals surface area contributed by atoms with Crippen molar-refractivity contribution in [1.29, 1.82) is 0 Å². The van der Waals surface area contributed by atoms with Gasteiger partial charge in [-0.15, -0.1) is 10.2 Å². The Morgan fingerprint density at radius 2 is 1.70 bits per heavy atom. The number of amides is 2. The molecule has 9 heteroatoms. The zero-order valence-corrected chi connectivity index (χ0v) is 17.4. The normalized spacial score (nSPS) is 11.0. The van der Waals surface area contributed by atoms with E-state index in [2.05, 4.69) is 25.8 Å². The molecule has 0 unspecified atom stereocenters. The lowest BCUT2D eigenvalue weighted by molar-refractivity contribution is -0.114. The quantitative estimate of drug-likeness (QED) is 0.463. The summed E-state index contributed by atoms with van der Waals surface area (Å²) in [6.07, 6.45) is 0.744. The zero-order valence-electron chi connectivity index (χ0n) is 16.5. The second kappa shape index (κ2) is 8.50. The minimum absolute atomic E-state index is 0.142. The highest BCUT2D eigenvalue weighted by atomic mass is 32.2. The van der Waals surface area contributed by atoms with Crippen LogP contribution < -0.4 is 10.6 Å². The number of carbonyl (C=O) groups is 2. The van der Waals surface area contributed by atoms with Crippen LogP contribution >= 0.6 is 11.8 Å². The van der Waals surface area contributed by atoms with E-state index in [-0.39, 0.29) is 17.6 Å². The molecule has 2 aromatic heterocycles. The monoisotopic (exact) mass is 420 g/mol. The molecule has 8 nitrogen and oxygen atoms in total. The van der Waals surface area contributed by atoms with Gasteiger partial charge in [0, 0.05) is 24.7 Å². The highest BCUT2D eigenvalue weighted by molar-refractivity contribution is 8.00. The van der Waals surface area contributed by atoms with Crippen molar-refractivity contribution >= 4 is 51.6 Å². The summed E-state index contributed by atoms with van der Waals surface area (Å²) in [5.41, 5.74) is 3.76. The van der Waals surface area contributed by atoms with Gasteiger partial charge in [0.2, 0.25) is 11.8 Å². The van der Waals surface area contributed by atoms with E-state index in [1.165, 1.54) is 18.7 Å². The van der Waals surface area contributed by atoms with Crippen molar-refractivity contribution in [2.75, 3.05) is 16.4 Å². The van der Waals surface area contributed by atoms with Gasteiger partial charge < -0.3 is 10.6 Å². The molecule has 2 aromatic carbocycles. The van der Waals surface area contributed by atoms with Gasteiger partial charge in [-0.25, -0.2) is 4.98 Å². The number of nitrogens with zero attached hydrogens (tertiary/aromatic N) is 4. The summed E-state index contributed by atoms with van der Waals surface area (Å²) >= 11 is 1.32. The van der Waals surface area contributed by atoms with Crippen molar-refractivity contribution in [3.8, 4) is 0 Å². The van der Waals surface area contributed by atoms with Gasteiger partial charge in [0.1, 0.15) is 10.9 Å². The molecule has 4 aromatic rings. The van der Waals surface area contributed by atoms with Crippen molar-refractivity contribution in [3.05, 3.63) is 54.4 Å². The Morgan fingerprint density at radius 3 is 2.40 bits per heavy atom. The lowest BCUT2D eigenvalue weighted by Gasteiger charge is -2.09. The van der Waals surface area contributed by atoms with Gasteiger partial charge in [0.15, 0.2) is 5.65 Å². The summed E-state index contributed by atoms with van der Waals surface area (Å²) in [5.74, 6) is 0.741. The molecule has 0 aliphatic rings. The van der Waals surface area contributed by atoms with Crippen LogP contribution in [0.1, 0.15) is 19.7 Å². The minimum Gasteiger partial charge on any atom is -0.326 e. The molecule has 0 fully saturated rings.